The van der Waals surface area contributed by atoms with Crippen LogP contribution in [0.3, 0.4) is 0 Å². The largest absolute Gasteiger partial charge is 0.383 e. The highest BCUT2D eigenvalue weighted by Crippen LogP contribution is 2.31. The maximum atomic E-state index is 6.21. The van der Waals surface area contributed by atoms with Crippen LogP contribution in [0.15, 0.2) is 42.5 Å². The molecule has 0 atom stereocenters. The van der Waals surface area contributed by atoms with E-state index in [4.69, 9.17) is 22.3 Å². The van der Waals surface area contributed by atoms with Crippen molar-refractivity contribution < 1.29 is 0 Å². The highest BCUT2D eigenvalue weighted by molar-refractivity contribution is 6.32. The van der Waals surface area contributed by atoms with Gasteiger partial charge in [-0.25, -0.2) is 4.98 Å². The number of aromatic nitrogens is 1. The smallest absolute Gasteiger partial charge is 0.139 e. The molecule has 1 aliphatic rings. The lowest BCUT2D eigenvalue weighted by molar-refractivity contribution is 0.756. The molecule has 0 spiro atoms. The van der Waals surface area contributed by atoms with E-state index in [-0.39, 0.29) is 0 Å². The monoisotopic (exact) mass is 378 g/mol. The minimum atomic E-state index is 0.580. The lowest BCUT2D eigenvalue weighted by atomic mass is 9.91. The topological polar surface area (TPSA) is 54.2 Å². The van der Waals surface area contributed by atoms with Crippen LogP contribution in [0.2, 0.25) is 5.02 Å². The summed E-state index contributed by atoms with van der Waals surface area (Å²) < 4.78 is 0. The second kappa shape index (κ2) is 7.79. The summed E-state index contributed by atoms with van der Waals surface area (Å²) in [6.45, 7) is 3.18. The second-order valence-electron chi connectivity index (χ2n) is 7.20. The molecule has 0 unspecified atom stereocenters. The van der Waals surface area contributed by atoms with E-state index in [9.17, 15) is 0 Å². The highest BCUT2D eigenvalue weighted by Gasteiger charge is 2.17. The van der Waals surface area contributed by atoms with Gasteiger partial charge in [-0.2, -0.15) is 0 Å². The number of anilines is 2. The summed E-state index contributed by atoms with van der Waals surface area (Å²) in [6.07, 6.45) is 2.25. The van der Waals surface area contributed by atoms with Gasteiger partial charge in [0, 0.05) is 48.3 Å². The Hall–Kier alpha value is -2.24. The van der Waals surface area contributed by atoms with Gasteiger partial charge in [-0.15, -0.1) is 0 Å². The first-order chi connectivity index (χ1) is 13.1. The van der Waals surface area contributed by atoms with E-state index in [1.54, 1.807) is 0 Å². The van der Waals surface area contributed by atoms with Gasteiger partial charge in [-0.1, -0.05) is 35.3 Å². The molecule has 1 aromatic heterocycles. The number of pyridine rings is 1. The molecule has 1 aliphatic heterocycles. The molecule has 2 heterocycles. The van der Waals surface area contributed by atoms with Crippen LogP contribution in [0.4, 0.5) is 11.5 Å². The van der Waals surface area contributed by atoms with Crippen LogP contribution in [0, 0.1) is 0 Å². The number of nitrogens with zero attached hydrogens (tertiary/aromatic N) is 2. The predicted molar refractivity (Wildman–Crippen MR) is 118 cm³/mol. The van der Waals surface area contributed by atoms with Crippen LogP contribution in [-0.2, 0) is 13.0 Å². The number of aryl methyl sites for hydroxylation is 1. The van der Waals surface area contributed by atoms with E-state index in [2.05, 4.69) is 42.3 Å². The number of nitrogens with two attached hydrogens (primary N) is 1. The molecule has 0 aliphatic carbocycles. The molecular formula is C21H24BClN4. The summed E-state index contributed by atoms with van der Waals surface area (Å²) in [5.41, 5.74) is 11.9. The number of benzene rings is 2. The number of nitrogens with one attached hydrogen (secondary N) is 1. The van der Waals surface area contributed by atoms with Gasteiger partial charge in [0.25, 0.3) is 0 Å². The summed E-state index contributed by atoms with van der Waals surface area (Å²) in [5, 5.41) is 5.18. The fourth-order valence-corrected chi connectivity index (χ4v) is 3.95. The summed E-state index contributed by atoms with van der Waals surface area (Å²) in [7, 11) is 2.16. The lowest BCUT2D eigenvalue weighted by Gasteiger charge is -2.24. The Morgan fingerprint density at radius 2 is 2.04 bits per heavy atom. The normalized spacial score (nSPS) is 14.1. The summed E-state index contributed by atoms with van der Waals surface area (Å²) >= 11 is 6.21. The van der Waals surface area contributed by atoms with Gasteiger partial charge in [0.2, 0.25) is 0 Å². The molecule has 0 fully saturated rings. The van der Waals surface area contributed by atoms with Crippen molar-refractivity contribution in [1.29, 1.82) is 0 Å². The third kappa shape index (κ3) is 3.89. The van der Waals surface area contributed by atoms with E-state index in [1.807, 2.05) is 18.2 Å². The van der Waals surface area contributed by atoms with Gasteiger partial charge >= 0.3 is 0 Å². The molecule has 2 aromatic carbocycles. The van der Waals surface area contributed by atoms with E-state index in [1.165, 1.54) is 16.6 Å². The van der Waals surface area contributed by atoms with Crippen LogP contribution < -0.4 is 21.4 Å². The van der Waals surface area contributed by atoms with Crippen molar-refractivity contribution in [2.75, 3.05) is 29.9 Å². The highest BCUT2D eigenvalue weighted by atomic mass is 35.5. The molecule has 3 aromatic rings. The van der Waals surface area contributed by atoms with Crippen molar-refractivity contribution in [1.82, 2.24) is 4.98 Å². The Morgan fingerprint density at radius 3 is 2.89 bits per heavy atom. The van der Waals surface area contributed by atoms with Crippen LogP contribution >= 0.6 is 11.6 Å². The number of hydrogen-bond donors (Lipinski definition) is 2. The molecule has 138 valence electrons. The molecule has 27 heavy (non-hydrogen) atoms. The zero-order valence-corrected chi connectivity index (χ0v) is 16.4. The molecule has 4 nitrogen and oxygen atoms in total. The standard InChI is InChI=1S/C21H24BClN4/c22-16-4-3-15-13-27(9-1-2-14(15)10-16)21-12-20(25-8-7-24)18-11-17(23)5-6-19(18)26-21/h3-6,10-12H,1-2,7-9,13,22,24H2,(H,25,26). The van der Waals surface area contributed by atoms with Gasteiger partial charge in [-0.05, 0) is 42.2 Å². The Morgan fingerprint density at radius 1 is 1.15 bits per heavy atom. The van der Waals surface area contributed by atoms with Gasteiger partial charge in [0.15, 0.2) is 0 Å². The second-order valence-corrected chi connectivity index (χ2v) is 7.64. The van der Waals surface area contributed by atoms with Crippen LogP contribution in [0.1, 0.15) is 17.5 Å². The first-order valence-corrected chi connectivity index (χ1v) is 9.89. The predicted octanol–water partition coefficient (Wildman–Crippen LogP) is 2.47. The van der Waals surface area contributed by atoms with Crippen LogP contribution in [0.25, 0.3) is 10.9 Å². The molecule has 3 N–H and O–H groups in total. The molecular weight excluding hydrogens is 355 g/mol. The van der Waals surface area contributed by atoms with E-state index >= 15 is 0 Å². The Balaban J connectivity index is 1.74. The zero-order valence-electron chi connectivity index (χ0n) is 15.6. The fourth-order valence-electron chi connectivity index (χ4n) is 3.78. The SMILES string of the molecule is Bc1ccc2c(c1)CCCN(c1cc(NCCN)c3cc(Cl)ccc3n1)C2. The van der Waals surface area contributed by atoms with E-state index < -0.39 is 0 Å². The lowest BCUT2D eigenvalue weighted by Crippen LogP contribution is -2.24. The van der Waals surface area contributed by atoms with Crippen molar-refractivity contribution in [3.8, 4) is 0 Å². The van der Waals surface area contributed by atoms with Crippen LogP contribution in [-0.4, -0.2) is 32.5 Å². The summed E-state index contributed by atoms with van der Waals surface area (Å²) in [6, 6.07) is 14.8. The van der Waals surface area contributed by atoms with Crippen molar-refractivity contribution in [3.05, 3.63) is 58.6 Å². The van der Waals surface area contributed by atoms with Gasteiger partial charge < -0.3 is 16.0 Å². The van der Waals surface area contributed by atoms with Crippen molar-refractivity contribution in [3.63, 3.8) is 0 Å². The third-order valence-corrected chi connectivity index (χ3v) is 5.37. The molecule has 0 saturated heterocycles. The number of fused-ring (bicyclic) bond motifs is 2. The number of hydrogen-bond acceptors (Lipinski definition) is 4. The summed E-state index contributed by atoms with van der Waals surface area (Å²) in [4.78, 5) is 7.31. The minimum Gasteiger partial charge on any atom is -0.383 e. The third-order valence-electron chi connectivity index (χ3n) is 5.14. The van der Waals surface area contributed by atoms with Crippen molar-refractivity contribution in [2.45, 2.75) is 19.4 Å². The average Bonchev–Trinajstić information content (AvgIpc) is 2.88. The zero-order chi connectivity index (χ0) is 18.8. The van der Waals surface area contributed by atoms with Gasteiger partial charge in [0.1, 0.15) is 13.7 Å². The number of rotatable bonds is 4. The molecule has 0 bridgehead atoms. The Kier molecular flexibility index (Phi) is 5.23. The Labute approximate surface area is 166 Å². The minimum absolute atomic E-state index is 0.580. The van der Waals surface area contributed by atoms with Gasteiger partial charge in [0.05, 0.1) is 5.52 Å². The van der Waals surface area contributed by atoms with Crippen LogP contribution in [0.5, 0.6) is 0 Å². The molecule has 0 radical (unpaired) electrons. The first-order valence-electron chi connectivity index (χ1n) is 9.51. The maximum absolute atomic E-state index is 6.21. The Bertz CT molecular complexity index is 976. The molecule has 0 amide bonds. The first kappa shape index (κ1) is 18.1. The fraction of sp³-hybridized carbons (Fsp3) is 0.286. The van der Waals surface area contributed by atoms with Gasteiger partial charge in [-0.3, -0.25) is 0 Å². The number of halogens is 1. The van der Waals surface area contributed by atoms with E-state index in [0.717, 1.165) is 48.3 Å². The molecule has 6 heteroatoms. The van der Waals surface area contributed by atoms with E-state index in [0.29, 0.717) is 18.1 Å². The average molecular weight is 379 g/mol. The van der Waals surface area contributed by atoms with Crippen molar-refractivity contribution in [2.24, 2.45) is 5.73 Å². The summed E-state index contributed by atoms with van der Waals surface area (Å²) in [5.74, 6) is 0.998. The van der Waals surface area contributed by atoms with Crippen molar-refractivity contribution >= 4 is 47.3 Å². The molecule has 4 rings (SSSR count). The maximum Gasteiger partial charge on any atom is 0.139 e. The quantitative estimate of drug-likeness (QED) is 0.685. The molecule has 0 saturated carbocycles.